The quantitative estimate of drug-likeness (QED) is 0.782. The van der Waals surface area contributed by atoms with Gasteiger partial charge in [-0.05, 0) is 43.2 Å². The van der Waals surface area contributed by atoms with Gasteiger partial charge in [0.15, 0.2) is 5.78 Å². The van der Waals surface area contributed by atoms with Gasteiger partial charge >= 0.3 is 6.03 Å². The van der Waals surface area contributed by atoms with Gasteiger partial charge in [0.25, 0.3) is 0 Å². The minimum Gasteiger partial charge on any atom is -0.497 e. The summed E-state index contributed by atoms with van der Waals surface area (Å²) in [6.45, 7) is 5.03. The summed E-state index contributed by atoms with van der Waals surface area (Å²) < 4.78 is 5.15. The first kappa shape index (κ1) is 19.7. The molecule has 6 heteroatoms. The fraction of sp³-hybridized carbons (Fsp3) is 0.364. The molecule has 2 aromatic rings. The number of nitrogens with zero attached hydrogens (tertiary/aromatic N) is 2. The zero-order valence-electron chi connectivity index (χ0n) is 16.5. The zero-order chi connectivity index (χ0) is 19.9. The number of carbonyl (C=O) groups is 2. The molecule has 6 nitrogen and oxygen atoms in total. The first-order valence-electron chi connectivity index (χ1n) is 9.58. The van der Waals surface area contributed by atoms with Crippen LogP contribution in [-0.2, 0) is 6.42 Å². The van der Waals surface area contributed by atoms with Crippen LogP contribution < -0.4 is 15.0 Å². The summed E-state index contributed by atoms with van der Waals surface area (Å²) in [7, 11) is 1.65. The molecule has 0 saturated carbocycles. The third kappa shape index (κ3) is 5.03. The molecule has 0 atom stereocenters. The molecule has 1 saturated heterocycles. The number of hydrogen-bond acceptors (Lipinski definition) is 4. The van der Waals surface area contributed by atoms with Crippen molar-refractivity contribution in [2.45, 2.75) is 13.3 Å². The molecule has 0 aliphatic carbocycles. The average molecular weight is 381 g/mol. The van der Waals surface area contributed by atoms with Gasteiger partial charge in [0, 0.05) is 44.0 Å². The fourth-order valence-corrected chi connectivity index (χ4v) is 3.31. The van der Waals surface area contributed by atoms with Crippen molar-refractivity contribution in [3.05, 3.63) is 59.7 Å². The van der Waals surface area contributed by atoms with Gasteiger partial charge in [0.1, 0.15) is 5.75 Å². The number of anilines is 1. The van der Waals surface area contributed by atoms with E-state index in [1.165, 1.54) is 0 Å². The van der Waals surface area contributed by atoms with Crippen LogP contribution in [0.15, 0.2) is 48.5 Å². The molecule has 28 heavy (non-hydrogen) atoms. The molecule has 0 unspecified atom stereocenters. The Kier molecular flexibility index (Phi) is 6.53. The van der Waals surface area contributed by atoms with Gasteiger partial charge in [0.2, 0.25) is 0 Å². The van der Waals surface area contributed by atoms with Crippen LogP contribution in [0.4, 0.5) is 10.5 Å². The Hall–Kier alpha value is -3.02. The predicted octanol–water partition coefficient (Wildman–Crippen LogP) is 2.97. The maximum atomic E-state index is 12.4. The lowest BCUT2D eigenvalue weighted by molar-refractivity contribution is 0.101. The number of rotatable bonds is 6. The van der Waals surface area contributed by atoms with Crippen LogP contribution in [0.2, 0.25) is 0 Å². The van der Waals surface area contributed by atoms with Crippen molar-refractivity contribution in [3.8, 4) is 5.75 Å². The molecule has 1 heterocycles. The fourth-order valence-electron chi connectivity index (χ4n) is 3.31. The zero-order valence-corrected chi connectivity index (χ0v) is 16.5. The summed E-state index contributed by atoms with van der Waals surface area (Å²) in [6, 6.07) is 15.5. The molecule has 148 valence electrons. The van der Waals surface area contributed by atoms with Crippen LogP contribution in [0.25, 0.3) is 0 Å². The molecule has 2 aromatic carbocycles. The molecule has 0 spiro atoms. The number of ketones is 1. The summed E-state index contributed by atoms with van der Waals surface area (Å²) in [6.07, 6.45) is 0.785. The Balaban J connectivity index is 1.44. The van der Waals surface area contributed by atoms with E-state index in [9.17, 15) is 9.59 Å². The van der Waals surface area contributed by atoms with Crippen LogP contribution in [0.5, 0.6) is 5.75 Å². The number of benzene rings is 2. The Labute approximate surface area is 166 Å². The van der Waals surface area contributed by atoms with E-state index in [0.29, 0.717) is 19.6 Å². The van der Waals surface area contributed by atoms with Gasteiger partial charge in [-0.3, -0.25) is 4.79 Å². The lowest BCUT2D eigenvalue weighted by atomic mass is 10.1. The number of carbonyl (C=O) groups excluding carboxylic acids is 2. The second-order valence-corrected chi connectivity index (χ2v) is 6.91. The maximum Gasteiger partial charge on any atom is 0.317 e. The van der Waals surface area contributed by atoms with Crippen LogP contribution >= 0.6 is 0 Å². The first-order valence-corrected chi connectivity index (χ1v) is 9.58. The predicted molar refractivity (Wildman–Crippen MR) is 110 cm³/mol. The van der Waals surface area contributed by atoms with Crippen molar-refractivity contribution < 1.29 is 14.3 Å². The number of ether oxygens (including phenoxy) is 1. The number of Topliss-reactive ketones (excluding diaryl/α,β-unsaturated/α-hetero) is 1. The Morgan fingerprint density at radius 3 is 2.39 bits per heavy atom. The second kappa shape index (κ2) is 9.26. The summed E-state index contributed by atoms with van der Waals surface area (Å²) in [4.78, 5) is 28.0. The Morgan fingerprint density at radius 2 is 1.75 bits per heavy atom. The van der Waals surface area contributed by atoms with Gasteiger partial charge < -0.3 is 19.9 Å². The van der Waals surface area contributed by atoms with Gasteiger partial charge in [-0.25, -0.2) is 4.79 Å². The molecule has 0 aromatic heterocycles. The van der Waals surface area contributed by atoms with E-state index >= 15 is 0 Å². The highest BCUT2D eigenvalue weighted by atomic mass is 16.5. The summed E-state index contributed by atoms with van der Waals surface area (Å²) in [5.41, 5.74) is 2.92. The summed E-state index contributed by atoms with van der Waals surface area (Å²) >= 11 is 0. The monoisotopic (exact) mass is 381 g/mol. The van der Waals surface area contributed by atoms with E-state index in [-0.39, 0.29) is 11.8 Å². The van der Waals surface area contributed by atoms with Crippen LogP contribution in [0.3, 0.4) is 0 Å². The van der Waals surface area contributed by atoms with E-state index in [1.54, 1.807) is 14.0 Å². The van der Waals surface area contributed by atoms with Gasteiger partial charge in [-0.1, -0.05) is 24.3 Å². The van der Waals surface area contributed by atoms with Crippen LogP contribution in [0, 0.1) is 0 Å². The van der Waals surface area contributed by atoms with Crippen molar-refractivity contribution in [3.63, 3.8) is 0 Å². The van der Waals surface area contributed by atoms with Crippen LogP contribution in [0.1, 0.15) is 22.8 Å². The molecule has 1 N–H and O–H groups in total. The third-order valence-electron chi connectivity index (χ3n) is 5.03. The van der Waals surface area contributed by atoms with Crippen molar-refractivity contribution in [2.75, 3.05) is 44.7 Å². The van der Waals surface area contributed by atoms with E-state index in [0.717, 1.165) is 42.1 Å². The molecule has 0 radical (unpaired) electrons. The normalized spacial score (nSPS) is 13.9. The van der Waals surface area contributed by atoms with E-state index in [2.05, 4.69) is 10.2 Å². The lowest BCUT2D eigenvalue weighted by Gasteiger charge is -2.36. The topological polar surface area (TPSA) is 61.9 Å². The van der Waals surface area contributed by atoms with E-state index in [4.69, 9.17) is 4.74 Å². The number of urea groups is 1. The van der Waals surface area contributed by atoms with Crippen molar-refractivity contribution in [2.24, 2.45) is 0 Å². The molecule has 2 amide bonds. The summed E-state index contributed by atoms with van der Waals surface area (Å²) in [5.74, 6) is 0.899. The molecular formula is C22H27N3O3. The average Bonchev–Trinajstić information content (AvgIpc) is 2.74. The standard InChI is InChI=1S/C22H27N3O3/c1-17(26)19-4-3-5-20(16-19)24-12-14-25(15-13-24)22(27)23-11-10-18-6-8-21(28-2)9-7-18/h3-9,16H,10-15H2,1-2H3,(H,23,27). The minimum absolute atomic E-state index is 0.0225. The Morgan fingerprint density at radius 1 is 1.04 bits per heavy atom. The third-order valence-corrected chi connectivity index (χ3v) is 5.03. The van der Waals surface area contributed by atoms with Crippen molar-refractivity contribution >= 4 is 17.5 Å². The molecule has 0 bridgehead atoms. The highest BCUT2D eigenvalue weighted by molar-refractivity contribution is 5.95. The number of hydrogen-bond donors (Lipinski definition) is 1. The van der Waals surface area contributed by atoms with E-state index in [1.807, 2.05) is 53.4 Å². The van der Waals surface area contributed by atoms with E-state index < -0.39 is 0 Å². The number of piperazine rings is 1. The SMILES string of the molecule is COc1ccc(CCNC(=O)N2CCN(c3cccc(C(C)=O)c3)CC2)cc1. The Bertz CT molecular complexity index is 812. The van der Waals surface area contributed by atoms with Crippen LogP contribution in [-0.4, -0.2) is 56.5 Å². The number of methoxy groups -OCH3 is 1. The van der Waals surface area contributed by atoms with Crippen molar-refractivity contribution in [1.82, 2.24) is 10.2 Å². The second-order valence-electron chi connectivity index (χ2n) is 6.91. The van der Waals surface area contributed by atoms with Crippen molar-refractivity contribution in [1.29, 1.82) is 0 Å². The van der Waals surface area contributed by atoms with Gasteiger partial charge in [-0.15, -0.1) is 0 Å². The molecule has 1 aliphatic heterocycles. The number of amides is 2. The lowest BCUT2D eigenvalue weighted by Crippen LogP contribution is -2.52. The number of nitrogens with one attached hydrogen (secondary N) is 1. The molecule has 1 fully saturated rings. The summed E-state index contributed by atoms with van der Waals surface area (Å²) in [5, 5.41) is 3.00. The van der Waals surface area contributed by atoms with Gasteiger partial charge in [0.05, 0.1) is 7.11 Å². The largest absolute Gasteiger partial charge is 0.497 e. The first-order chi connectivity index (χ1) is 13.6. The molecule has 1 aliphatic rings. The smallest absolute Gasteiger partial charge is 0.317 e. The maximum absolute atomic E-state index is 12.4. The minimum atomic E-state index is -0.0225. The molecule has 3 rings (SSSR count). The highest BCUT2D eigenvalue weighted by Crippen LogP contribution is 2.18. The molecular weight excluding hydrogens is 354 g/mol. The highest BCUT2D eigenvalue weighted by Gasteiger charge is 2.21. The van der Waals surface area contributed by atoms with Gasteiger partial charge in [-0.2, -0.15) is 0 Å².